The van der Waals surface area contributed by atoms with Gasteiger partial charge in [-0.05, 0) is 27.7 Å². The van der Waals surface area contributed by atoms with Gasteiger partial charge in [0.2, 0.25) is 0 Å². The molecule has 0 spiro atoms. The molecular formula is C11H19N3O2. The maximum Gasteiger partial charge on any atom is 0.407 e. The lowest BCUT2D eigenvalue weighted by molar-refractivity contribution is 0.0526. The highest BCUT2D eigenvalue weighted by Crippen LogP contribution is 2.06. The highest BCUT2D eigenvalue weighted by atomic mass is 16.6. The van der Waals surface area contributed by atoms with Gasteiger partial charge in [0, 0.05) is 25.5 Å². The minimum Gasteiger partial charge on any atom is -0.444 e. The molecule has 5 nitrogen and oxygen atoms in total. The van der Waals surface area contributed by atoms with Gasteiger partial charge in [-0.3, -0.25) is 0 Å². The second-order valence-corrected chi connectivity index (χ2v) is 4.60. The number of aryl methyl sites for hydroxylation is 1. The van der Waals surface area contributed by atoms with E-state index in [0.717, 1.165) is 5.82 Å². The van der Waals surface area contributed by atoms with Gasteiger partial charge < -0.3 is 14.6 Å². The first kappa shape index (κ1) is 12.5. The van der Waals surface area contributed by atoms with Crippen LogP contribution in [0.2, 0.25) is 0 Å². The van der Waals surface area contributed by atoms with E-state index in [0.29, 0.717) is 13.1 Å². The third-order valence-corrected chi connectivity index (χ3v) is 1.94. The number of rotatable bonds is 3. The Morgan fingerprint density at radius 1 is 1.56 bits per heavy atom. The fourth-order valence-corrected chi connectivity index (χ4v) is 1.23. The SMILES string of the molecule is Cc1nccn1CCNC(=O)OC(C)(C)C. The maximum atomic E-state index is 11.3. The third-order valence-electron chi connectivity index (χ3n) is 1.94. The standard InChI is InChI=1S/C11H19N3O2/c1-9-12-5-7-14(9)8-6-13-10(15)16-11(2,3)4/h5,7H,6,8H2,1-4H3,(H,13,15). The molecule has 0 saturated carbocycles. The summed E-state index contributed by atoms with van der Waals surface area (Å²) in [5.74, 6) is 0.936. The van der Waals surface area contributed by atoms with Crippen molar-refractivity contribution in [1.82, 2.24) is 14.9 Å². The van der Waals surface area contributed by atoms with Crippen molar-refractivity contribution >= 4 is 6.09 Å². The molecular weight excluding hydrogens is 206 g/mol. The summed E-state index contributed by atoms with van der Waals surface area (Å²) >= 11 is 0. The lowest BCUT2D eigenvalue weighted by atomic mass is 10.2. The van der Waals surface area contributed by atoms with E-state index in [4.69, 9.17) is 4.74 Å². The van der Waals surface area contributed by atoms with Gasteiger partial charge in [-0.15, -0.1) is 0 Å². The van der Waals surface area contributed by atoms with Crippen molar-refractivity contribution < 1.29 is 9.53 Å². The summed E-state index contributed by atoms with van der Waals surface area (Å²) in [6.07, 6.45) is 3.24. The Hall–Kier alpha value is -1.52. The molecule has 0 saturated heterocycles. The van der Waals surface area contributed by atoms with Crippen molar-refractivity contribution in [1.29, 1.82) is 0 Å². The summed E-state index contributed by atoms with van der Waals surface area (Å²) in [6.45, 7) is 8.68. The second kappa shape index (κ2) is 5.01. The van der Waals surface area contributed by atoms with Crippen molar-refractivity contribution in [3.05, 3.63) is 18.2 Å². The van der Waals surface area contributed by atoms with Crippen molar-refractivity contribution in [2.24, 2.45) is 0 Å². The van der Waals surface area contributed by atoms with E-state index in [1.54, 1.807) is 6.20 Å². The summed E-state index contributed by atoms with van der Waals surface area (Å²) in [7, 11) is 0. The number of nitrogens with zero attached hydrogens (tertiary/aromatic N) is 2. The van der Waals surface area contributed by atoms with Crippen LogP contribution in [0, 0.1) is 6.92 Å². The van der Waals surface area contributed by atoms with Gasteiger partial charge in [0.25, 0.3) is 0 Å². The van der Waals surface area contributed by atoms with Crippen molar-refractivity contribution in [2.75, 3.05) is 6.54 Å². The molecule has 0 aliphatic carbocycles. The lowest BCUT2D eigenvalue weighted by Crippen LogP contribution is -2.34. The second-order valence-electron chi connectivity index (χ2n) is 4.60. The van der Waals surface area contributed by atoms with E-state index >= 15 is 0 Å². The van der Waals surface area contributed by atoms with Gasteiger partial charge in [-0.2, -0.15) is 0 Å². The van der Waals surface area contributed by atoms with Crippen LogP contribution in [0.5, 0.6) is 0 Å². The Kier molecular flexibility index (Phi) is 3.93. The Morgan fingerprint density at radius 2 is 2.25 bits per heavy atom. The summed E-state index contributed by atoms with van der Waals surface area (Å²) < 4.78 is 7.08. The Bertz CT molecular complexity index is 352. The highest BCUT2D eigenvalue weighted by molar-refractivity contribution is 5.67. The first-order valence-corrected chi connectivity index (χ1v) is 5.33. The van der Waals surface area contributed by atoms with Gasteiger partial charge in [0.15, 0.2) is 0 Å². The van der Waals surface area contributed by atoms with Gasteiger partial charge in [-0.25, -0.2) is 9.78 Å². The molecule has 1 heterocycles. The monoisotopic (exact) mass is 225 g/mol. The maximum absolute atomic E-state index is 11.3. The predicted molar refractivity (Wildman–Crippen MR) is 61.2 cm³/mol. The largest absolute Gasteiger partial charge is 0.444 e. The van der Waals surface area contributed by atoms with Crippen LogP contribution in [-0.4, -0.2) is 27.8 Å². The first-order valence-electron chi connectivity index (χ1n) is 5.33. The topological polar surface area (TPSA) is 56.2 Å². The van der Waals surface area contributed by atoms with Crippen LogP contribution in [0.4, 0.5) is 4.79 Å². The van der Waals surface area contributed by atoms with E-state index in [9.17, 15) is 4.79 Å². The number of carbonyl (C=O) groups is 1. The number of carbonyl (C=O) groups excluding carboxylic acids is 1. The van der Waals surface area contributed by atoms with Crippen LogP contribution in [-0.2, 0) is 11.3 Å². The molecule has 0 aliphatic heterocycles. The Labute approximate surface area is 95.8 Å². The number of ether oxygens (including phenoxy) is 1. The normalized spacial score (nSPS) is 11.2. The average molecular weight is 225 g/mol. The molecule has 16 heavy (non-hydrogen) atoms. The summed E-state index contributed by atoms with van der Waals surface area (Å²) in [6, 6.07) is 0. The number of aromatic nitrogens is 2. The molecule has 1 aromatic heterocycles. The van der Waals surface area contributed by atoms with E-state index in [2.05, 4.69) is 10.3 Å². The van der Waals surface area contributed by atoms with E-state index in [1.165, 1.54) is 0 Å². The molecule has 1 rings (SSSR count). The van der Waals surface area contributed by atoms with Gasteiger partial charge in [0.1, 0.15) is 11.4 Å². The molecule has 1 N–H and O–H groups in total. The zero-order chi connectivity index (χ0) is 12.2. The van der Waals surface area contributed by atoms with Crippen LogP contribution in [0.1, 0.15) is 26.6 Å². The summed E-state index contributed by atoms with van der Waals surface area (Å²) in [5, 5.41) is 2.69. The van der Waals surface area contributed by atoms with E-state index in [-0.39, 0.29) is 6.09 Å². The Morgan fingerprint density at radius 3 is 2.75 bits per heavy atom. The number of amides is 1. The molecule has 5 heteroatoms. The summed E-state index contributed by atoms with van der Waals surface area (Å²) in [4.78, 5) is 15.4. The van der Waals surface area contributed by atoms with Crippen molar-refractivity contribution in [3.8, 4) is 0 Å². The molecule has 0 aliphatic rings. The molecule has 90 valence electrons. The minimum absolute atomic E-state index is 0.384. The quantitative estimate of drug-likeness (QED) is 0.852. The number of imidazole rings is 1. The zero-order valence-electron chi connectivity index (χ0n) is 10.3. The van der Waals surface area contributed by atoms with E-state index < -0.39 is 5.60 Å². The average Bonchev–Trinajstić information content (AvgIpc) is 2.48. The number of hydrogen-bond donors (Lipinski definition) is 1. The van der Waals surface area contributed by atoms with Crippen LogP contribution < -0.4 is 5.32 Å². The van der Waals surface area contributed by atoms with Crippen LogP contribution in [0.3, 0.4) is 0 Å². The molecule has 0 radical (unpaired) electrons. The molecule has 0 unspecified atom stereocenters. The smallest absolute Gasteiger partial charge is 0.407 e. The first-order chi connectivity index (χ1) is 7.38. The van der Waals surface area contributed by atoms with Crippen molar-refractivity contribution in [2.45, 2.75) is 39.8 Å². The number of nitrogens with one attached hydrogen (secondary N) is 1. The van der Waals surface area contributed by atoms with Gasteiger partial charge in [-0.1, -0.05) is 0 Å². The Balaban J connectivity index is 2.26. The molecule has 1 amide bonds. The molecule has 0 atom stereocenters. The molecule has 1 aromatic rings. The highest BCUT2D eigenvalue weighted by Gasteiger charge is 2.15. The van der Waals surface area contributed by atoms with Crippen molar-refractivity contribution in [3.63, 3.8) is 0 Å². The molecule has 0 bridgehead atoms. The van der Waals surface area contributed by atoms with Gasteiger partial charge in [0.05, 0.1) is 0 Å². The number of hydrogen-bond acceptors (Lipinski definition) is 3. The number of alkyl carbamates (subject to hydrolysis) is 1. The minimum atomic E-state index is -0.449. The predicted octanol–water partition coefficient (Wildman–Crippen LogP) is 1.72. The fourth-order valence-electron chi connectivity index (χ4n) is 1.23. The summed E-state index contributed by atoms with van der Waals surface area (Å²) in [5.41, 5.74) is -0.449. The zero-order valence-corrected chi connectivity index (χ0v) is 10.3. The molecule has 0 fully saturated rings. The lowest BCUT2D eigenvalue weighted by Gasteiger charge is -2.19. The van der Waals surface area contributed by atoms with Crippen LogP contribution >= 0.6 is 0 Å². The third kappa shape index (κ3) is 4.33. The fraction of sp³-hybridized carbons (Fsp3) is 0.636. The van der Waals surface area contributed by atoms with Gasteiger partial charge >= 0.3 is 6.09 Å². The van der Waals surface area contributed by atoms with Crippen LogP contribution in [0.25, 0.3) is 0 Å². The van der Waals surface area contributed by atoms with Crippen LogP contribution in [0.15, 0.2) is 12.4 Å². The molecule has 0 aromatic carbocycles. The van der Waals surface area contributed by atoms with E-state index in [1.807, 2.05) is 38.5 Å².